The van der Waals surface area contributed by atoms with Crippen LogP contribution in [0.3, 0.4) is 0 Å². The molecule has 8 nitrogen and oxygen atoms in total. The van der Waals surface area contributed by atoms with Gasteiger partial charge in [0.15, 0.2) is 5.82 Å². The Morgan fingerprint density at radius 1 is 1.09 bits per heavy atom. The molecule has 2 aromatic carbocycles. The van der Waals surface area contributed by atoms with E-state index in [1.54, 1.807) is 0 Å². The lowest BCUT2D eigenvalue weighted by Crippen LogP contribution is -2.23. The number of imidazole rings is 1. The number of aryl methyl sites for hydroxylation is 2. The quantitative estimate of drug-likeness (QED) is 0.344. The highest BCUT2D eigenvalue weighted by Gasteiger charge is 2.17. The molecule has 174 valence electrons. The zero-order valence-electron chi connectivity index (χ0n) is 18.9. The van der Waals surface area contributed by atoms with Gasteiger partial charge in [-0.2, -0.15) is 0 Å². The standard InChI is InChI=1S/C24H29N5O3S/c1-3-21-28-22-23(29(21)14-8-7-13-26-33(2,30)31)19-15-18(11-12-20(19)27-24(22)25)32-16-17-9-5-4-6-10-17/h4-6,9-12,15,26H,3,7-8,13-14,16H2,1-2H3,(H2,25,27). The normalized spacial score (nSPS) is 11.9. The Bertz CT molecular complexity index is 1370. The van der Waals surface area contributed by atoms with Crippen LogP contribution in [0.4, 0.5) is 5.82 Å². The van der Waals surface area contributed by atoms with Gasteiger partial charge in [-0.05, 0) is 36.6 Å². The smallest absolute Gasteiger partial charge is 0.208 e. The van der Waals surface area contributed by atoms with Crippen molar-refractivity contribution in [1.82, 2.24) is 19.3 Å². The zero-order chi connectivity index (χ0) is 23.4. The van der Waals surface area contributed by atoms with Gasteiger partial charge >= 0.3 is 0 Å². The third kappa shape index (κ3) is 5.43. The maximum Gasteiger partial charge on any atom is 0.208 e. The van der Waals surface area contributed by atoms with Crippen molar-refractivity contribution in [2.75, 3.05) is 18.5 Å². The fourth-order valence-corrected chi connectivity index (χ4v) is 4.44. The first-order valence-electron chi connectivity index (χ1n) is 11.1. The molecular formula is C24H29N5O3S. The maximum atomic E-state index is 11.3. The monoisotopic (exact) mass is 467 g/mol. The first-order chi connectivity index (χ1) is 15.9. The summed E-state index contributed by atoms with van der Waals surface area (Å²) in [6.45, 7) is 3.65. The van der Waals surface area contributed by atoms with Gasteiger partial charge in [0.05, 0.1) is 17.3 Å². The lowest BCUT2D eigenvalue weighted by Gasteiger charge is -2.12. The van der Waals surface area contributed by atoms with Crippen molar-refractivity contribution >= 4 is 37.8 Å². The van der Waals surface area contributed by atoms with E-state index in [1.807, 2.05) is 48.5 Å². The van der Waals surface area contributed by atoms with E-state index < -0.39 is 10.0 Å². The summed E-state index contributed by atoms with van der Waals surface area (Å²) in [5.74, 6) is 2.09. The molecule has 0 spiro atoms. The molecule has 2 heterocycles. The Labute approximate surface area is 193 Å². The predicted octanol–water partition coefficient (Wildman–Crippen LogP) is 3.64. The van der Waals surface area contributed by atoms with Crippen LogP contribution >= 0.6 is 0 Å². The minimum Gasteiger partial charge on any atom is -0.489 e. The van der Waals surface area contributed by atoms with Crippen LogP contribution in [0.1, 0.15) is 31.2 Å². The number of pyridine rings is 1. The maximum absolute atomic E-state index is 11.3. The molecule has 0 saturated heterocycles. The molecule has 9 heteroatoms. The number of nitrogens with one attached hydrogen (secondary N) is 1. The van der Waals surface area contributed by atoms with Crippen LogP contribution in [0, 0.1) is 0 Å². The summed E-state index contributed by atoms with van der Waals surface area (Å²) in [4.78, 5) is 9.32. The first-order valence-corrected chi connectivity index (χ1v) is 12.9. The highest BCUT2D eigenvalue weighted by Crippen LogP contribution is 2.32. The molecule has 0 radical (unpaired) electrons. The molecule has 2 aromatic heterocycles. The number of rotatable bonds is 10. The Balaban J connectivity index is 1.65. The van der Waals surface area contributed by atoms with Gasteiger partial charge in [0.25, 0.3) is 0 Å². The number of unbranched alkanes of at least 4 members (excludes halogenated alkanes) is 1. The summed E-state index contributed by atoms with van der Waals surface area (Å²) in [6.07, 6.45) is 3.45. The van der Waals surface area contributed by atoms with Crippen LogP contribution in [-0.2, 0) is 29.6 Å². The van der Waals surface area contributed by atoms with Crippen molar-refractivity contribution in [3.8, 4) is 5.75 Å². The summed E-state index contributed by atoms with van der Waals surface area (Å²) >= 11 is 0. The SMILES string of the molecule is CCc1nc2c(N)nc3ccc(OCc4ccccc4)cc3c2n1CCCCNS(C)(=O)=O. The first kappa shape index (κ1) is 23.0. The largest absolute Gasteiger partial charge is 0.489 e. The van der Waals surface area contributed by atoms with E-state index in [0.717, 1.165) is 52.8 Å². The molecule has 4 aromatic rings. The van der Waals surface area contributed by atoms with Crippen LogP contribution in [-0.4, -0.2) is 35.8 Å². The molecule has 33 heavy (non-hydrogen) atoms. The molecule has 0 fully saturated rings. The molecule has 0 aliphatic carbocycles. The summed E-state index contributed by atoms with van der Waals surface area (Å²) < 4.78 is 33.4. The Hall–Kier alpha value is -3.17. The van der Waals surface area contributed by atoms with Crippen LogP contribution < -0.4 is 15.2 Å². The van der Waals surface area contributed by atoms with Crippen LogP contribution in [0.15, 0.2) is 48.5 Å². The van der Waals surface area contributed by atoms with E-state index in [4.69, 9.17) is 15.5 Å². The number of aromatic nitrogens is 3. The van der Waals surface area contributed by atoms with Gasteiger partial charge in [-0.3, -0.25) is 0 Å². The Morgan fingerprint density at radius 2 is 1.88 bits per heavy atom. The average molecular weight is 468 g/mol. The highest BCUT2D eigenvalue weighted by atomic mass is 32.2. The van der Waals surface area contributed by atoms with Gasteiger partial charge in [-0.15, -0.1) is 0 Å². The highest BCUT2D eigenvalue weighted by molar-refractivity contribution is 7.88. The second-order valence-electron chi connectivity index (χ2n) is 8.05. The number of benzene rings is 2. The molecule has 0 amide bonds. The second kappa shape index (κ2) is 9.76. The van der Waals surface area contributed by atoms with Gasteiger partial charge in [0.2, 0.25) is 10.0 Å². The van der Waals surface area contributed by atoms with Gasteiger partial charge in [0, 0.05) is 24.9 Å². The minimum absolute atomic E-state index is 0.405. The van der Waals surface area contributed by atoms with Gasteiger partial charge < -0.3 is 15.0 Å². The van der Waals surface area contributed by atoms with E-state index in [1.165, 1.54) is 6.26 Å². The van der Waals surface area contributed by atoms with Gasteiger partial charge in [-0.1, -0.05) is 37.3 Å². The van der Waals surface area contributed by atoms with Crippen LogP contribution in [0.25, 0.3) is 21.9 Å². The fourth-order valence-electron chi connectivity index (χ4n) is 3.93. The molecule has 0 aliphatic heterocycles. The van der Waals surface area contributed by atoms with E-state index in [-0.39, 0.29) is 0 Å². The lowest BCUT2D eigenvalue weighted by atomic mass is 10.1. The van der Waals surface area contributed by atoms with Crippen molar-refractivity contribution in [2.24, 2.45) is 0 Å². The molecule has 0 bridgehead atoms. The van der Waals surface area contributed by atoms with Crippen molar-refractivity contribution in [1.29, 1.82) is 0 Å². The number of ether oxygens (including phenoxy) is 1. The summed E-state index contributed by atoms with van der Waals surface area (Å²) in [5.41, 5.74) is 9.77. The number of sulfonamides is 1. The summed E-state index contributed by atoms with van der Waals surface area (Å²) in [6, 6.07) is 15.8. The fraction of sp³-hybridized carbons (Fsp3) is 0.333. The number of nitrogen functional groups attached to an aromatic ring is 1. The summed E-state index contributed by atoms with van der Waals surface area (Å²) in [7, 11) is -3.18. The van der Waals surface area contributed by atoms with Crippen molar-refractivity contribution in [3.05, 3.63) is 59.9 Å². The van der Waals surface area contributed by atoms with Gasteiger partial charge in [-0.25, -0.2) is 23.1 Å². The third-order valence-electron chi connectivity index (χ3n) is 5.49. The van der Waals surface area contributed by atoms with E-state index >= 15 is 0 Å². The second-order valence-corrected chi connectivity index (χ2v) is 9.89. The van der Waals surface area contributed by atoms with E-state index in [2.05, 4.69) is 21.2 Å². The van der Waals surface area contributed by atoms with Crippen molar-refractivity contribution < 1.29 is 13.2 Å². The van der Waals surface area contributed by atoms with Crippen LogP contribution in [0.2, 0.25) is 0 Å². The van der Waals surface area contributed by atoms with Crippen molar-refractivity contribution in [2.45, 2.75) is 39.3 Å². The minimum atomic E-state index is -3.18. The molecular weight excluding hydrogens is 438 g/mol. The number of hydrogen-bond acceptors (Lipinski definition) is 6. The van der Waals surface area contributed by atoms with Gasteiger partial charge in [0.1, 0.15) is 23.7 Å². The molecule has 0 saturated carbocycles. The predicted molar refractivity (Wildman–Crippen MR) is 132 cm³/mol. The Morgan fingerprint density at radius 3 is 2.61 bits per heavy atom. The molecule has 4 rings (SSSR count). The van der Waals surface area contributed by atoms with E-state index in [9.17, 15) is 8.42 Å². The molecule has 0 aliphatic rings. The number of nitrogens with two attached hydrogens (primary N) is 1. The van der Waals surface area contributed by atoms with Crippen LogP contribution in [0.5, 0.6) is 5.75 Å². The summed E-state index contributed by atoms with van der Waals surface area (Å²) in [5, 5.41) is 0.936. The van der Waals surface area contributed by atoms with Crippen molar-refractivity contribution in [3.63, 3.8) is 0 Å². The Kier molecular flexibility index (Phi) is 6.80. The molecule has 3 N–H and O–H groups in total. The number of fused-ring (bicyclic) bond motifs is 3. The average Bonchev–Trinajstić information content (AvgIpc) is 3.17. The lowest BCUT2D eigenvalue weighted by molar-refractivity contribution is 0.306. The topological polar surface area (TPSA) is 112 Å². The number of nitrogens with zero attached hydrogens (tertiary/aromatic N) is 3. The molecule has 0 atom stereocenters. The number of anilines is 1. The zero-order valence-corrected chi connectivity index (χ0v) is 19.7. The third-order valence-corrected chi connectivity index (χ3v) is 6.22. The molecule has 0 unspecified atom stereocenters. The number of hydrogen-bond donors (Lipinski definition) is 2. The van der Waals surface area contributed by atoms with E-state index in [0.29, 0.717) is 31.0 Å².